The number of aromatic nitrogens is 3. The fraction of sp³-hybridized carbons (Fsp3) is 0.174. The number of methoxy groups -OCH3 is 4. The lowest BCUT2D eigenvalue weighted by molar-refractivity contribution is 0.112. The molecule has 0 saturated heterocycles. The predicted molar refractivity (Wildman–Crippen MR) is 116 cm³/mol. The van der Waals surface area contributed by atoms with E-state index in [0.717, 1.165) is 17.6 Å². The molecule has 0 atom stereocenters. The average Bonchev–Trinajstić information content (AvgIpc) is 3.26. The number of carbonyl (C=O) groups excluding carboxylic acids is 1. The van der Waals surface area contributed by atoms with Crippen LogP contribution in [0.15, 0.2) is 42.5 Å². The van der Waals surface area contributed by atoms with Gasteiger partial charge in [0, 0.05) is 16.7 Å². The molecule has 2 aromatic carbocycles. The molecule has 0 bridgehead atoms. The molecular weight excluding hydrogens is 398 g/mol. The maximum atomic E-state index is 12.0. The number of hydrogen-bond donors (Lipinski definition) is 1. The number of ether oxygens (including phenoxy) is 4. The Morgan fingerprint density at radius 2 is 1.52 bits per heavy atom. The van der Waals surface area contributed by atoms with Crippen LogP contribution in [0.4, 0.5) is 0 Å². The fourth-order valence-corrected chi connectivity index (χ4v) is 3.49. The second-order valence-electron chi connectivity index (χ2n) is 6.65. The quantitative estimate of drug-likeness (QED) is 0.450. The summed E-state index contributed by atoms with van der Waals surface area (Å²) in [5.74, 6) is 2.21. The lowest BCUT2D eigenvalue weighted by Gasteiger charge is -2.14. The topological polar surface area (TPSA) is 95.6 Å². The molecule has 1 N–H and O–H groups in total. The Bertz CT molecular complexity index is 1220. The van der Waals surface area contributed by atoms with E-state index < -0.39 is 0 Å². The van der Waals surface area contributed by atoms with Crippen LogP contribution in [0.1, 0.15) is 10.4 Å². The molecule has 4 aromatic rings. The van der Waals surface area contributed by atoms with Crippen molar-refractivity contribution in [2.24, 2.45) is 0 Å². The Morgan fingerprint density at radius 1 is 0.839 bits per heavy atom. The molecular formula is C23H21N3O5. The molecule has 0 aliphatic rings. The molecule has 0 amide bonds. The lowest BCUT2D eigenvalue weighted by Crippen LogP contribution is -1.97. The minimum atomic E-state index is 0.430. The van der Waals surface area contributed by atoms with Gasteiger partial charge in [-0.3, -0.25) is 9.89 Å². The summed E-state index contributed by atoms with van der Waals surface area (Å²) in [6.45, 7) is 0. The smallest absolute Gasteiger partial charge is 0.203 e. The van der Waals surface area contributed by atoms with Crippen LogP contribution >= 0.6 is 0 Å². The largest absolute Gasteiger partial charge is 0.497 e. The molecule has 4 rings (SSSR count). The van der Waals surface area contributed by atoms with E-state index in [1.165, 1.54) is 0 Å². The van der Waals surface area contributed by atoms with Crippen molar-refractivity contribution >= 4 is 17.3 Å². The number of nitrogens with one attached hydrogen (secondary N) is 1. The zero-order valence-corrected chi connectivity index (χ0v) is 17.6. The summed E-state index contributed by atoms with van der Waals surface area (Å²) in [5.41, 5.74) is 3.74. The summed E-state index contributed by atoms with van der Waals surface area (Å²) in [5, 5.41) is 7.99. The van der Waals surface area contributed by atoms with Gasteiger partial charge in [-0.15, -0.1) is 0 Å². The van der Waals surface area contributed by atoms with Crippen molar-refractivity contribution in [1.82, 2.24) is 15.2 Å². The van der Waals surface area contributed by atoms with Gasteiger partial charge in [0.25, 0.3) is 0 Å². The van der Waals surface area contributed by atoms with Crippen LogP contribution < -0.4 is 18.9 Å². The highest BCUT2D eigenvalue weighted by atomic mass is 16.5. The first-order valence-electron chi connectivity index (χ1n) is 9.42. The van der Waals surface area contributed by atoms with E-state index in [1.807, 2.05) is 24.3 Å². The predicted octanol–water partition coefficient (Wildman–Crippen LogP) is 4.14. The first kappa shape index (κ1) is 20.2. The molecule has 0 spiro atoms. The van der Waals surface area contributed by atoms with Crippen molar-refractivity contribution in [3.8, 4) is 45.5 Å². The Balaban J connectivity index is 1.88. The van der Waals surface area contributed by atoms with Crippen LogP contribution in [0.25, 0.3) is 33.5 Å². The van der Waals surface area contributed by atoms with E-state index in [-0.39, 0.29) is 0 Å². The monoisotopic (exact) mass is 419 g/mol. The average molecular weight is 419 g/mol. The van der Waals surface area contributed by atoms with Crippen molar-refractivity contribution in [3.05, 3.63) is 48.0 Å². The molecule has 8 nitrogen and oxygen atoms in total. The van der Waals surface area contributed by atoms with Gasteiger partial charge in [0.15, 0.2) is 23.4 Å². The van der Waals surface area contributed by atoms with E-state index in [1.54, 1.807) is 46.6 Å². The zero-order valence-electron chi connectivity index (χ0n) is 17.6. The first-order chi connectivity index (χ1) is 15.1. The van der Waals surface area contributed by atoms with Crippen LogP contribution in [0.5, 0.6) is 23.0 Å². The van der Waals surface area contributed by atoms with Gasteiger partial charge in [0.05, 0.1) is 45.2 Å². The van der Waals surface area contributed by atoms with E-state index in [9.17, 15) is 4.79 Å². The number of benzene rings is 2. The molecule has 8 heteroatoms. The summed E-state index contributed by atoms with van der Waals surface area (Å²) >= 11 is 0. The highest BCUT2D eigenvalue weighted by Crippen LogP contribution is 2.41. The number of aldehydes is 1. The minimum Gasteiger partial charge on any atom is -0.497 e. The van der Waals surface area contributed by atoms with Gasteiger partial charge in [-0.1, -0.05) is 0 Å². The lowest BCUT2D eigenvalue weighted by atomic mass is 10.0. The minimum absolute atomic E-state index is 0.430. The third kappa shape index (κ3) is 3.52. The van der Waals surface area contributed by atoms with E-state index in [2.05, 4.69) is 15.2 Å². The Labute approximate surface area is 178 Å². The van der Waals surface area contributed by atoms with E-state index in [0.29, 0.717) is 50.8 Å². The highest BCUT2D eigenvalue weighted by molar-refractivity contribution is 6.04. The van der Waals surface area contributed by atoms with Crippen LogP contribution in [0.2, 0.25) is 0 Å². The molecule has 0 unspecified atom stereocenters. The molecule has 0 fully saturated rings. The molecule has 2 heterocycles. The number of nitrogens with zero attached hydrogens (tertiary/aromatic N) is 2. The standard InChI is InChI=1S/C23H21N3O5/c1-28-16-7-5-13(6-8-16)21-20-15(12-27)9-17(24-23(20)26-25-21)14-10-18(29-2)22(31-4)19(11-14)30-3/h5-12H,1-4H3,(H,24,25,26). The molecule has 2 aromatic heterocycles. The SMILES string of the molecule is COc1ccc(-c2[nH]nc3nc(-c4cc(OC)c(OC)c(OC)c4)cc(C=O)c23)cc1. The summed E-state index contributed by atoms with van der Waals surface area (Å²) in [6, 6.07) is 12.8. The molecule has 0 aliphatic heterocycles. The van der Waals surface area contributed by atoms with Gasteiger partial charge < -0.3 is 18.9 Å². The second-order valence-corrected chi connectivity index (χ2v) is 6.65. The fourth-order valence-electron chi connectivity index (χ4n) is 3.49. The number of H-pyrrole nitrogens is 1. The normalized spacial score (nSPS) is 10.7. The first-order valence-corrected chi connectivity index (χ1v) is 9.42. The van der Waals surface area contributed by atoms with E-state index >= 15 is 0 Å². The van der Waals surface area contributed by atoms with Crippen molar-refractivity contribution < 1.29 is 23.7 Å². The number of hydrogen-bond acceptors (Lipinski definition) is 7. The number of aromatic amines is 1. The third-order valence-electron chi connectivity index (χ3n) is 5.02. The Morgan fingerprint density at radius 3 is 2.06 bits per heavy atom. The molecule has 0 saturated carbocycles. The van der Waals surface area contributed by atoms with Gasteiger partial charge in [0.1, 0.15) is 5.75 Å². The molecule has 0 radical (unpaired) electrons. The maximum Gasteiger partial charge on any atom is 0.203 e. The second kappa shape index (κ2) is 8.35. The number of fused-ring (bicyclic) bond motifs is 1. The molecule has 0 aliphatic carbocycles. The van der Waals surface area contributed by atoms with Crippen molar-refractivity contribution in [2.75, 3.05) is 28.4 Å². The molecule has 31 heavy (non-hydrogen) atoms. The van der Waals surface area contributed by atoms with Gasteiger partial charge >= 0.3 is 0 Å². The number of carbonyl (C=O) groups is 1. The highest BCUT2D eigenvalue weighted by Gasteiger charge is 2.19. The van der Waals surface area contributed by atoms with E-state index in [4.69, 9.17) is 18.9 Å². The zero-order chi connectivity index (χ0) is 22.0. The summed E-state index contributed by atoms with van der Waals surface area (Å²) in [4.78, 5) is 16.6. The molecule has 158 valence electrons. The number of pyridine rings is 1. The van der Waals surface area contributed by atoms with Crippen LogP contribution in [0, 0.1) is 0 Å². The maximum absolute atomic E-state index is 12.0. The van der Waals surface area contributed by atoms with Crippen LogP contribution in [-0.2, 0) is 0 Å². The van der Waals surface area contributed by atoms with Gasteiger partial charge in [-0.25, -0.2) is 4.98 Å². The van der Waals surface area contributed by atoms with Crippen molar-refractivity contribution in [1.29, 1.82) is 0 Å². The summed E-state index contributed by atoms with van der Waals surface area (Å²) < 4.78 is 21.5. The summed E-state index contributed by atoms with van der Waals surface area (Å²) in [7, 11) is 6.24. The Hall–Kier alpha value is -4.07. The van der Waals surface area contributed by atoms with Crippen LogP contribution in [0.3, 0.4) is 0 Å². The van der Waals surface area contributed by atoms with Crippen molar-refractivity contribution in [2.45, 2.75) is 0 Å². The Kier molecular flexibility index (Phi) is 5.44. The van der Waals surface area contributed by atoms with Crippen LogP contribution in [-0.4, -0.2) is 49.9 Å². The summed E-state index contributed by atoms with van der Waals surface area (Å²) in [6.07, 6.45) is 0.800. The van der Waals surface area contributed by atoms with Gasteiger partial charge in [-0.2, -0.15) is 5.10 Å². The number of rotatable bonds is 7. The van der Waals surface area contributed by atoms with Gasteiger partial charge in [-0.05, 0) is 42.5 Å². The third-order valence-corrected chi connectivity index (χ3v) is 5.02. The van der Waals surface area contributed by atoms with Gasteiger partial charge in [0.2, 0.25) is 5.75 Å². The van der Waals surface area contributed by atoms with Crippen molar-refractivity contribution in [3.63, 3.8) is 0 Å².